The third-order valence-electron chi connectivity index (χ3n) is 3.79. The standard InChI is InChI=1S/C19H17NOS3/c1-3-13-7-9-14(10-8-13)11-17-18(21)20(19(22)24-17)15-5-4-6-16(12-15)23-2/h4-12H,3H2,1-2H3/b17-11-. The van der Waals surface area contributed by atoms with Gasteiger partial charge in [-0.1, -0.05) is 61.2 Å². The molecule has 1 fully saturated rings. The molecule has 1 heterocycles. The fraction of sp³-hybridized carbons (Fsp3) is 0.158. The summed E-state index contributed by atoms with van der Waals surface area (Å²) >= 11 is 8.44. The number of nitrogens with zero attached hydrogens (tertiary/aromatic N) is 1. The molecule has 24 heavy (non-hydrogen) atoms. The van der Waals surface area contributed by atoms with Crippen LogP contribution in [0.1, 0.15) is 18.1 Å². The number of amides is 1. The van der Waals surface area contributed by atoms with Gasteiger partial charge in [0.05, 0.1) is 10.6 Å². The maximum absolute atomic E-state index is 12.8. The Morgan fingerprint density at radius 2 is 1.96 bits per heavy atom. The molecule has 0 bridgehead atoms. The zero-order chi connectivity index (χ0) is 17.1. The molecule has 2 aromatic carbocycles. The van der Waals surface area contributed by atoms with Crippen LogP contribution >= 0.6 is 35.7 Å². The molecule has 1 saturated heterocycles. The van der Waals surface area contributed by atoms with Crippen LogP contribution in [0.5, 0.6) is 0 Å². The molecule has 1 aliphatic heterocycles. The van der Waals surface area contributed by atoms with Crippen LogP contribution in [0.4, 0.5) is 5.69 Å². The highest BCUT2D eigenvalue weighted by Gasteiger charge is 2.33. The molecule has 1 amide bonds. The first-order valence-electron chi connectivity index (χ1n) is 7.63. The number of thiocarbonyl (C=S) groups is 1. The number of aryl methyl sites for hydroxylation is 1. The normalized spacial score (nSPS) is 16.2. The van der Waals surface area contributed by atoms with Crippen molar-refractivity contribution in [3.8, 4) is 0 Å². The average molecular weight is 372 g/mol. The highest BCUT2D eigenvalue weighted by Crippen LogP contribution is 2.36. The molecule has 122 valence electrons. The smallest absolute Gasteiger partial charge is 0.268 e. The molecular weight excluding hydrogens is 354 g/mol. The molecule has 0 aliphatic carbocycles. The number of carbonyl (C=O) groups is 1. The molecular formula is C19H17NOS3. The van der Waals surface area contributed by atoms with Crippen LogP contribution in [-0.2, 0) is 11.2 Å². The van der Waals surface area contributed by atoms with Crippen molar-refractivity contribution >= 4 is 57.7 Å². The van der Waals surface area contributed by atoms with E-state index in [4.69, 9.17) is 12.2 Å². The molecule has 5 heteroatoms. The quantitative estimate of drug-likeness (QED) is 0.408. The van der Waals surface area contributed by atoms with Gasteiger partial charge >= 0.3 is 0 Å². The van der Waals surface area contributed by atoms with E-state index in [1.54, 1.807) is 16.7 Å². The summed E-state index contributed by atoms with van der Waals surface area (Å²) in [5.74, 6) is -0.0529. The number of carbonyl (C=O) groups excluding carboxylic acids is 1. The first kappa shape index (κ1) is 17.3. The Kier molecular flexibility index (Phi) is 5.43. The van der Waals surface area contributed by atoms with Crippen molar-refractivity contribution < 1.29 is 4.79 Å². The number of benzene rings is 2. The Labute approximate surface area is 156 Å². The summed E-state index contributed by atoms with van der Waals surface area (Å²) in [6, 6.07) is 16.2. The summed E-state index contributed by atoms with van der Waals surface area (Å²) in [6.45, 7) is 2.13. The lowest BCUT2D eigenvalue weighted by atomic mass is 10.1. The summed E-state index contributed by atoms with van der Waals surface area (Å²) < 4.78 is 0.578. The van der Waals surface area contributed by atoms with Crippen LogP contribution in [0.2, 0.25) is 0 Å². The van der Waals surface area contributed by atoms with Gasteiger partial charge in [-0.15, -0.1) is 11.8 Å². The van der Waals surface area contributed by atoms with Crippen molar-refractivity contribution in [1.29, 1.82) is 0 Å². The SMILES string of the molecule is CCc1ccc(/C=C2\SC(=S)N(c3cccc(SC)c3)C2=O)cc1. The summed E-state index contributed by atoms with van der Waals surface area (Å²) in [7, 11) is 0. The summed E-state index contributed by atoms with van der Waals surface area (Å²) in [4.78, 5) is 16.2. The maximum Gasteiger partial charge on any atom is 0.270 e. The largest absolute Gasteiger partial charge is 0.270 e. The minimum Gasteiger partial charge on any atom is -0.268 e. The first-order valence-corrected chi connectivity index (χ1v) is 10.1. The molecule has 0 atom stereocenters. The molecule has 0 aromatic heterocycles. The number of hydrogen-bond donors (Lipinski definition) is 0. The Balaban J connectivity index is 1.89. The van der Waals surface area contributed by atoms with Gasteiger partial charge in [0, 0.05) is 4.90 Å². The summed E-state index contributed by atoms with van der Waals surface area (Å²) in [5, 5.41) is 0. The number of thioether (sulfide) groups is 2. The Bertz CT molecular complexity index is 812. The third kappa shape index (κ3) is 3.58. The lowest BCUT2D eigenvalue weighted by Crippen LogP contribution is -2.27. The van der Waals surface area contributed by atoms with Crippen molar-refractivity contribution in [3.63, 3.8) is 0 Å². The van der Waals surface area contributed by atoms with Crippen LogP contribution in [0.3, 0.4) is 0 Å². The van der Waals surface area contributed by atoms with Gasteiger partial charge in [-0.25, -0.2) is 0 Å². The molecule has 0 radical (unpaired) electrons. The fourth-order valence-electron chi connectivity index (χ4n) is 2.44. The van der Waals surface area contributed by atoms with Crippen molar-refractivity contribution in [2.24, 2.45) is 0 Å². The van der Waals surface area contributed by atoms with E-state index in [9.17, 15) is 4.79 Å². The van der Waals surface area contributed by atoms with Gasteiger partial charge in [0.25, 0.3) is 5.91 Å². The minimum absolute atomic E-state index is 0.0529. The van der Waals surface area contributed by atoms with E-state index in [0.29, 0.717) is 9.23 Å². The molecule has 0 unspecified atom stereocenters. The van der Waals surface area contributed by atoms with Gasteiger partial charge in [0.15, 0.2) is 4.32 Å². The second kappa shape index (κ2) is 7.55. The van der Waals surface area contributed by atoms with E-state index in [0.717, 1.165) is 22.6 Å². The Morgan fingerprint density at radius 3 is 2.62 bits per heavy atom. The highest BCUT2D eigenvalue weighted by atomic mass is 32.2. The molecule has 0 spiro atoms. The maximum atomic E-state index is 12.8. The summed E-state index contributed by atoms with van der Waals surface area (Å²) in [6.07, 6.45) is 4.94. The predicted octanol–water partition coefficient (Wildman–Crippen LogP) is 5.38. The topological polar surface area (TPSA) is 20.3 Å². The van der Waals surface area contributed by atoms with Gasteiger partial charge < -0.3 is 0 Å². The molecule has 1 aliphatic rings. The van der Waals surface area contributed by atoms with Crippen LogP contribution in [0, 0.1) is 0 Å². The fourth-order valence-corrected chi connectivity index (χ4v) is 4.19. The molecule has 0 saturated carbocycles. The lowest BCUT2D eigenvalue weighted by Gasteiger charge is -2.15. The highest BCUT2D eigenvalue weighted by molar-refractivity contribution is 8.27. The van der Waals surface area contributed by atoms with E-state index in [1.807, 2.05) is 48.7 Å². The van der Waals surface area contributed by atoms with Crippen LogP contribution in [0.25, 0.3) is 6.08 Å². The van der Waals surface area contributed by atoms with E-state index >= 15 is 0 Å². The number of rotatable bonds is 4. The van der Waals surface area contributed by atoms with Gasteiger partial charge in [0.1, 0.15) is 0 Å². The number of hydrogen-bond acceptors (Lipinski definition) is 4. The van der Waals surface area contributed by atoms with Gasteiger partial charge in [0.2, 0.25) is 0 Å². The van der Waals surface area contributed by atoms with Crippen molar-refractivity contribution in [1.82, 2.24) is 0 Å². The molecule has 3 rings (SSSR count). The average Bonchev–Trinajstić information content (AvgIpc) is 2.89. The van der Waals surface area contributed by atoms with E-state index in [-0.39, 0.29) is 5.91 Å². The van der Waals surface area contributed by atoms with Crippen molar-refractivity contribution in [2.75, 3.05) is 11.2 Å². The van der Waals surface area contributed by atoms with E-state index < -0.39 is 0 Å². The van der Waals surface area contributed by atoms with E-state index in [2.05, 4.69) is 19.1 Å². The monoisotopic (exact) mass is 371 g/mol. The number of anilines is 1. The zero-order valence-electron chi connectivity index (χ0n) is 13.5. The Morgan fingerprint density at radius 1 is 1.21 bits per heavy atom. The zero-order valence-corrected chi connectivity index (χ0v) is 15.9. The lowest BCUT2D eigenvalue weighted by molar-refractivity contribution is -0.113. The van der Waals surface area contributed by atoms with Gasteiger partial charge in [-0.05, 0) is 48.1 Å². The minimum atomic E-state index is -0.0529. The third-order valence-corrected chi connectivity index (χ3v) is 5.82. The second-order valence-electron chi connectivity index (χ2n) is 5.31. The second-order valence-corrected chi connectivity index (χ2v) is 7.87. The van der Waals surface area contributed by atoms with Gasteiger partial charge in [-0.2, -0.15) is 0 Å². The summed E-state index contributed by atoms with van der Waals surface area (Å²) in [5.41, 5.74) is 3.13. The predicted molar refractivity (Wildman–Crippen MR) is 110 cm³/mol. The van der Waals surface area contributed by atoms with Crippen molar-refractivity contribution in [3.05, 3.63) is 64.6 Å². The first-order chi connectivity index (χ1) is 11.6. The van der Waals surface area contributed by atoms with Gasteiger partial charge in [-0.3, -0.25) is 9.69 Å². The molecule has 0 N–H and O–H groups in total. The molecule has 2 nitrogen and oxygen atoms in total. The van der Waals surface area contributed by atoms with Crippen LogP contribution in [-0.4, -0.2) is 16.5 Å². The van der Waals surface area contributed by atoms with Crippen molar-refractivity contribution in [2.45, 2.75) is 18.2 Å². The Hall–Kier alpha value is -1.56. The molecule has 2 aromatic rings. The van der Waals surface area contributed by atoms with Crippen LogP contribution < -0.4 is 4.90 Å². The van der Waals surface area contributed by atoms with E-state index in [1.165, 1.54) is 17.3 Å². The van der Waals surface area contributed by atoms with Crippen LogP contribution in [0.15, 0.2) is 58.3 Å².